The largest absolute Gasteiger partial charge is 0.398 e. The Hall–Kier alpha value is -1.18. The second-order valence-corrected chi connectivity index (χ2v) is 5.06. The maximum atomic E-state index is 13.3. The topological polar surface area (TPSA) is 92.4 Å². The molecule has 16 heavy (non-hydrogen) atoms. The molecule has 1 atom stereocenters. The third-order valence-electron chi connectivity index (χ3n) is 1.83. The van der Waals surface area contributed by atoms with E-state index in [1.165, 1.54) is 19.1 Å². The van der Waals surface area contributed by atoms with Crippen LogP contribution in [0.2, 0.25) is 0 Å². The van der Waals surface area contributed by atoms with Crippen LogP contribution in [0.4, 0.5) is 10.1 Å². The predicted octanol–water partition coefficient (Wildman–Crippen LogP) is 0.0670. The van der Waals surface area contributed by atoms with Gasteiger partial charge < -0.3 is 10.8 Å². The van der Waals surface area contributed by atoms with Gasteiger partial charge in [0.15, 0.2) is 0 Å². The van der Waals surface area contributed by atoms with Gasteiger partial charge >= 0.3 is 0 Å². The van der Waals surface area contributed by atoms with Crippen LogP contribution in [0, 0.1) is 5.82 Å². The first kappa shape index (κ1) is 12.9. The normalized spacial score (nSPS) is 13.7. The Labute approximate surface area is 93.1 Å². The second kappa shape index (κ2) is 4.77. The Balaban J connectivity index is 3.08. The zero-order valence-corrected chi connectivity index (χ0v) is 9.46. The maximum Gasteiger partial charge on any atom is 0.245 e. The van der Waals surface area contributed by atoms with Crippen molar-refractivity contribution in [3.05, 3.63) is 24.0 Å². The van der Waals surface area contributed by atoms with Gasteiger partial charge in [-0.1, -0.05) is 6.07 Å². The van der Waals surface area contributed by atoms with E-state index in [0.29, 0.717) is 0 Å². The minimum atomic E-state index is -4.03. The van der Waals surface area contributed by atoms with E-state index in [1.54, 1.807) is 0 Å². The fourth-order valence-electron chi connectivity index (χ4n) is 1.11. The Morgan fingerprint density at radius 1 is 1.56 bits per heavy atom. The highest BCUT2D eigenvalue weighted by Crippen LogP contribution is 2.21. The van der Waals surface area contributed by atoms with Crippen molar-refractivity contribution in [1.82, 2.24) is 4.72 Å². The van der Waals surface area contributed by atoms with Crippen LogP contribution >= 0.6 is 0 Å². The van der Waals surface area contributed by atoms with Gasteiger partial charge in [0.05, 0.1) is 11.8 Å². The molecule has 7 heteroatoms. The molecule has 1 unspecified atom stereocenters. The van der Waals surface area contributed by atoms with E-state index in [0.717, 1.165) is 6.07 Å². The molecule has 0 fully saturated rings. The van der Waals surface area contributed by atoms with Crippen LogP contribution in [0.3, 0.4) is 0 Å². The standard InChI is InChI=1S/C9H13FN2O3S/c1-6(13)5-12-16(14,15)9-7(10)3-2-4-8(9)11/h2-4,6,12-13H,5,11H2,1H3. The molecule has 0 aromatic heterocycles. The monoisotopic (exact) mass is 248 g/mol. The van der Waals surface area contributed by atoms with Crippen molar-refractivity contribution in [2.24, 2.45) is 0 Å². The number of nitrogens with one attached hydrogen (secondary N) is 1. The average Bonchev–Trinajstić information content (AvgIpc) is 2.14. The molecule has 0 aliphatic rings. The van der Waals surface area contributed by atoms with Gasteiger partial charge in [-0.05, 0) is 19.1 Å². The molecule has 0 bridgehead atoms. The quantitative estimate of drug-likeness (QED) is 0.657. The van der Waals surface area contributed by atoms with E-state index >= 15 is 0 Å². The van der Waals surface area contributed by atoms with Gasteiger partial charge in [-0.15, -0.1) is 0 Å². The maximum absolute atomic E-state index is 13.3. The first-order valence-electron chi connectivity index (χ1n) is 4.56. The van der Waals surface area contributed by atoms with Crippen LogP contribution < -0.4 is 10.5 Å². The summed E-state index contributed by atoms with van der Waals surface area (Å²) in [4.78, 5) is -0.587. The van der Waals surface area contributed by atoms with Gasteiger partial charge in [-0.2, -0.15) is 0 Å². The third-order valence-corrected chi connectivity index (χ3v) is 3.35. The van der Waals surface area contributed by atoms with Crippen molar-refractivity contribution in [3.63, 3.8) is 0 Å². The minimum absolute atomic E-state index is 0.168. The van der Waals surface area contributed by atoms with Crippen LogP contribution in [-0.2, 0) is 10.0 Å². The number of aliphatic hydroxyl groups is 1. The lowest BCUT2D eigenvalue weighted by Crippen LogP contribution is -2.31. The molecule has 0 heterocycles. The second-order valence-electron chi connectivity index (χ2n) is 3.36. The lowest BCUT2D eigenvalue weighted by molar-refractivity contribution is 0.198. The van der Waals surface area contributed by atoms with Crippen LogP contribution in [0.5, 0.6) is 0 Å². The van der Waals surface area contributed by atoms with Gasteiger partial charge in [0, 0.05) is 6.54 Å². The predicted molar refractivity (Wildman–Crippen MR) is 57.7 cm³/mol. The summed E-state index contributed by atoms with van der Waals surface area (Å²) in [5, 5.41) is 8.95. The van der Waals surface area contributed by atoms with Gasteiger partial charge in [0.25, 0.3) is 0 Å². The van der Waals surface area contributed by atoms with E-state index in [-0.39, 0.29) is 12.2 Å². The highest BCUT2D eigenvalue weighted by Gasteiger charge is 2.21. The Morgan fingerprint density at radius 3 is 2.69 bits per heavy atom. The molecule has 1 aromatic carbocycles. The van der Waals surface area contributed by atoms with Crippen LogP contribution in [0.15, 0.2) is 23.1 Å². The van der Waals surface area contributed by atoms with Crippen LogP contribution in [0.25, 0.3) is 0 Å². The molecule has 1 rings (SSSR count). The van der Waals surface area contributed by atoms with Crippen molar-refractivity contribution in [1.29, 1.82) is 0 Å². The first-order valence-corrected chi connectivity index (χ1v) is 6.04. The molecule has 90 valence electrons. The SMILES string of the molecule is CC(O)CNS(=O)(=O)c1c(N)cccc1F. The average molecular weight is 248 g/mol. The number of nitrogens with two attached hydrogens (primary N) is 1. The van der Waals surface area contributed by atoms with E-state index in [2.05, 4.69) is 4.72 Å². The Kier molecular flexibility index (Phi) is 3.84. The fraction of sp³-hybridized carbons (Fsp3) is 0.333. The summed E-state index contributed by atoms with van der Waals surface area (Å²) in [6.07, 6.45) is -0.859. The summed E-state index contributed by atoms with van der Waals surface area (Å²) in [5.74, 6) is -0.918. The van der Waals surface area contributed by atoms with Gasteiger partial charge in [-0.25, -0.2) is 17.5 Å². The van der Waals surface area contributed by atoms with Crippen molar-refractivity contribution >= 4 is 15.7 Å². The van der Waals surface area contributed by atoms with E-state index in [4.69, 9.17) is 10.8 Å². The van der Waals surface area contributed by atoms with Crippen LogP contribution in [-0.4, -0.2) is 26.2 Å². The summed E-state index contributed by atoms with van der Waals surface area (Å²) in [6.45, 7) is 1.21. The Morgan fingerprint density at radius 2 is 2.19 bits per heavy atom. The summed E-state index contributed by atoms with van der Waals surface area (Å²) in [5.41, 5.74) is 5.22. The molecule has 5 nitrogen and oxygen atoms in total. The molecule has 0 amide bonds. The number of anilines is 1. The van der Waals surface area contributed by atoms with Crippen molar-refractivity contribution in [2.45, 2.75) is 17.9 Å². The van der Waals surface area contributed by atoms with E-state index < -0.39 is 26.8 Å². The highest BCUT2D eigenvalue weighted by atomic mass is 32.2. The molecule has 0 radical (unpaired) electrons. The Bertz CT molecular complexity index is 453. The molecule has 0 aliphatic heterocycles. The zero-order chi connectivity index (χ0) is 12.3. The smallest absolute Gasteiger partial charge is 0.245 e. The number of hydrogen-bond donors (Lipinski definition) is 3. The molecule has 0 spiro atoms. The summed E-state index contributed by atoms with van der Waals surface area (Å²) in [7, 11) is -4.03. The number of rotatable bonds is 4. The number of sulfonamides is 1. The number of nitrogen functional groups attached to an aromatic ring is 1. The van der Waals surface area contributed by atoms with E-state index in [1.807, 2.05) is 0 Å². The molecule has 0 aliphatic carbocycles. The first-order chi connectivity index (χ1) is 7.34. The molecule has 0 saturated heterocycles. The van der Waals surface area contributed by atoms with Gasteiger partial charge in [0.1, 0.15) is 10.7 Å². The van der Waals surface area contributed by atoms with Crippen LogP contribution in [0.1, 0.15) is 6.92 Å². The fourth-order valence-corrected chi connectivity index (χ4v) is 2.42. The lowest BCUT2D eigenvalue weighted by Gasteiger charge is -2.10. The van der Waals surface area contributed by atoms with Crippen molar-refractivity contribution in [3.8, 4) is 0 Å². The summed E-state index contributed by atoms with van der Waals surface area (Å²) < 4.78 is 38.6. The molecular weight excluding hydrogens is 235 g/mol. The number of hydrogen-bond acceptors (Lipinski definition) is 4. The molecule has 1 aromatic rings. The lowest BCUT2D eigenvalue weighted by atomic mass is 10.3. The van der Waals surface area contributed by atoms with Gasteiger partial charge in [-0.3, -0.25) is 0 Å². The zero-order valence-electron chi connectivity index (χ0n) is 8.64. The van der Waals surface area contributed by atoms with Crippen molar-refractivity contribution in [2.75, 3.05) is 12.3 Å². The number of benzene rings is 1. The minimum Gasteiger partial charge on any atom is -0.398 e. The third kappa shape index (κ3) is 2.91. The van der Waals surface area contributed by atoms with Gasteiger partial charge in [0.2, 0.25) is 10.0 Å². The molecular formula is C9H13FN2O3S. The molecule has 4 N–H and O–H groups in total. The van der Waals surface area contributed by atoms with E-state index in [9.17, 15) is 12.8 Å². The highest BCUT2D eigenvalue weighted by molar-refractivity contribution is 7.89. The number of halogens is 1. The summed E-state index contributed by atoms with van der Waals surface area (Å²) >= 11 is 0. The molecule has 0 saturated carbocycles. The van der Waals surface area contributed by atoms with Crippen molar-refractivity contribution < 1.29 is 17.9 Å². The number of aliphatic hydroxyl groups excluding tert-OH is 1. The summed E-state index contributed by atoms with van der Waals surface area (Å²) in [6, 6.07) is 3.62.